The van der Waals surface area contributed by atoms with E-state index in [1.165, 1.54) is 37.8 Å². The summed E-state index contributed by atoms with van der Waals surface area (Å²) >= 11 is 0. The Morgan fingerprint density at radius 2 is 1.57 bits per heavy atom. The lowest BCUT2D eigenvalue weighted by atomic mass is 10.1. The van der Waals surface area contributed by atoms with Crippen LogP contribution in [0.5, 0.6) is 0 Å². The molecule has 0 atom stereocenters. The van der Waals surface area contributed by atoms with Crippen LogP contribution in [0.4, 0.5) is 0 Å². The highest BCUT2D eigenvalue weighted by Crippen LogP contribution is 2.17. The molecule has 118 valence electrons. The number of halogens is 1. The van der Waals surface area contributed by atoms with Gasteiger partial charge in [0.2, 0.25) is 0 Å². The number of hydrogen-bond acceptors (Lipinski definition) is 0. The van der Waals surface area contributed by atoms with Gasteiger partial charge >= 0.3 is 0 Å². The van der Waals surface area contributed by atoms with E-state index in [1.807, 2.05) is 0 Å². The van der Waals surface area contributed by atoms with Crippen molar-refractivity contribution in [2.75, 3.05) is 19.6 Å². The van der Waals surface area contributed by atoms with Gasteiger partial charge in [-0.3, -0.25) is 0 Å². The molecule has 0 unspecified atom stereocenters. The summed E-state index contributed by atoms with van der Waals surface area (Å²) in [5.74, 6) is 0. The van der Waals surface area contributed by atoms with Crippen LogP contribution in [0, 0.1) is 0 Å². The summed E-state index contributed by atoms with van der Waals surface area (Å²) in [7, 11) is 0. The summed E-state index contributed by atoms with van der Waals surface area (Å²) in [6.07, 6.45) is 9.38. The zero-order valence-electron chi connectivity index (χ0n) is 13.4. The third-order valence-electron chi connectivity index (χ3n) is 3.88. The quantitative estimate of drug-likeness (QED) is 0.325. The van der Waals surface area contributed by atoms with Gasteiger partial charge in [0.15, 0.2) is 0 Å². The maximum absolute atomic E-state index is 3.96. The Morgan fingerprint density at radius 3 is 2.10 bits per heavy atom. The molecule has 0 bridgehead atoms. The molecular weight excluding hydrogens is 322 g/mol. The van der Waals surface area contributed by atoms with E-state index in [0.717, 1.165) is 24.1 Å². The van der Waals surface area contributed by atoms with Gasteiger partial charge in [0.1, 0.15) is 6.54 Å². The summed E-state index contributed by atoms with van der Waals surface area (Å²) in [5, 5.41) is 0. The SMILES string of the molecule is C=CC[N+](CC=C)(CCCCCC)Cc1ccccc1.[Br-]. The Hall–Kier alpha value is -0.860. The average molecular weight is 352 g/mol. The van der Waals surface area contributed by atoms with Gasteiger partial charge in [-0.1, -0.05) is 63.3 Å². The van der Waals surface area contributed by atoms with Crippen LogP contribution in [0.3, 0.4) is 0 Å². The molecule has 21 heavy (non-hydrogen) atoms. The van der Waals surface area contributed by atoms with Gasteiger partial charge in [0.05, 0.1) is 19.6 Å². The van der Waals surface area contributed by atoms with E-state index in [9.17, 15) is 0 Å². The van der Waals surface area contributed by atoms with Gasteiger partial charge in [-0.15, -0.1) is 0 Å². The Balaban J connectivity index is 0.00000400. The molecule has 1 rings (SSSR count). The van der Waals surface area contributed by atoms with E-state index >= 15 is 0 Å². The predicted octanol–water partition coefficient (Wildman–Crippen LogP) is 1.96. The summed E-state index contributed by atoms with van der Waals surface area (Å²) in [4.78, 5) is 0. The number of quaternary nitrogens is 1. The highest BCUT2D eigenvalue weighted by molar-refractivity contribution is 5.13. The van der Waals surface area contributed by atoms with E-state index in [-0.39, 0.29) is 17.0 Å². The predicted molar refractivity (Wildman–Crippen MR) is 89.5 cm³/mol. The Morgan fingerprint density at radius 1 is 0.952 bits per heavy atom. The number of benzene rings is 1. The fourth-order valence-corrected chi connectivity index (χ4v) is 2.86. The molecule has 0 spiro atoms. The minimum Gasteiger partial charge on any atom is -1.00 e. The van der Waals surface area contributed by atoms with Gasteiger partial charge in [-0.25, -0.2) is 0 Å². The van der Waals surface area contributed by atoms with E-state index in [1.54, 1.807) is 0 Å². The van der Waals surface area contributed by atoms with Crippen molar-refractivity contribution in [2.45, 2.75) is 39.2 Å². The monoisotopic (exact) mass is 351 g/mol. The molecule has 0 heterocycles. The van der Waals surface area contributed by atoms with Gasteiger partial charge in [-0.05, 0) is 25.0 Å². The first-order valence-corrected chi connectivity index (χ1v) is 7.87. The zero-order chi connectivity index (χ0) is 14.7. The van der Waals surface area contributed by atoms with E-state index in [4.69, 9.17) is 0 Å². The summed E-state index contributed by atoms with van der Waals surface area (Å²) in [6.45, 7) is 14.5. The number of nitrogens with zero attached hydrogens (tertiary/aromatic N) is 1. The zero-order valence-corrected chi connectivity index (χ0v) is 15.0. The van der Waals surface area contributed by atoms with Crippen molar-refractivity contribution in [2.24, 2.45) is 0 Å². The number of unbranched alkanes of at least 4 members (excludes halogenated alkanes) is 3. The van der Waals surface area contributed by atoms with Crippen LogP contribution in [0.15, 0.2) is 55.6 Å². The van der Waals surface area contributed by atoms with E-state index in [2.05, 4.69) is 62.6 Å². The standard InChI is InChI=1S/C19H30N.BrH/c1-4-7-8-12-17-20(15-5-2,16-6-3)18-19-13-10-9-11-14-19;/h5-6,9-11,13-14H,2-4,7-8,12,15-18H2,1H3;1H/q+1;/p-1. The van der Waals surface area contributed by atoms with Crippen molar-refractivity contribution in [3.63, 3.8) is 0 Å². The highest BCUT2D eigenvalue weighted by Gasteiger charge is 2.24. The van der Waals surface area contributed by atoms with Crippen LogP contribution >= 0.6 is 0 Å². The molecule has 0 aliphatic heterocycles. The average Bonchev–Trinajstić information content (AvgIpc) is 2.45. The van der Waals surface area contributed by atoms with Crippen LogP contribution in [-0.2, 0) is 6.54 Å². The van der Waals surface area contributed by atoms with Crippen molar-refractivity contribution in [3.8, 4) is 0 Å². The first kappa shape index (κ1) is 20.1. The Bertz CT molecular complexity index is 376. The minimum atomic E-state index is 0. The molecule has 0 radical (unpaired) electrons. The van der Waals surface area contributed by atoms with Crippen LogP contribution in [0.1, 0.15) is 38.2 Å². The molecule has 0 aromatic heterocycles. The maximum atomic E-state index is 3.96. The van der Waals surface area contributed by atoms with Crippen molar-refractivity contribution >= 4 is 0 Å². The van der Waals surface area contributed by atoms with Gasteiger partial charge in [0, 0.05) is 5.56 Å². The molecule has 0 amide bonds. The second-order valence-corrected chi connectivity index (χ2v) is 5.71. The van der Waals surface area contributed by atoms with Crippen molar-refractivity contribution in [3.05, 3.63) is 61.2 Å². The molecule has 2 heteroatoms. The van der Waals surface area contributed by atoms with Crippen LogP contribution in [0.25, 0.3) is 0 Å². The lowest BCUT2D eigenvalue weighted by molar-refractivity contribution is -0.930. The lowest BCUT2D eigenvalue weighted by Gasteiger charge is -2.37. The molecule has 1 aromatic carbocycles. The van der Waals surface area contributed by atoms with Gasteiger partial charge in [0.25, 0.3) is 0 Å². The molecule has 0 fully saturated rings. The largest absolute Gasteiger partial charge is 1.00 e. The van der Waals surface area contributed by atoms with Gasteiger partial charge in [-0.2, -0.15) is 0 Å². The summed E-state index contributed by atoms with van der Waals surface area (Å²) in [5.41, 5.74) is 1.41. The molecule has 0 aliphatic carbocycles. The van der Waals surface area contributed by atoms with E-state index in [0.29, 0.717) is 0 Å². The molecule has 1 nitrogen and oxygen atoms in total. The molecule has 0 N–H and O–H groups in total. The summed E-state index contributed by atoms with van der Waals surface area (Å²) in [6, 6.07) is 10.8. The Labute approximate surface area is 141 Å². The van der Waals surface area contributed by atoms with Crippen molar-refractivity contribution in [1.82, 2.24) is 0 Å². The number of rotatable bonds is 11. The number of hydrogen-bond donors (Lipinski definition) is 0. The van der Waals surface area contributed by atoms with Crippen molar-refractivity contribution < 1.29 is 21.5 Å². The second kappa shape index (κ2) is 11.8. The third kappa shape index (κ3) is 7.63. The van der Waals surface area contributed by atoms with E-state index < -0.39 is 0 Å². The first-order valence-electron chi connectivity index (χ1n) is 7.87. The smallest absolute Gasteiger partial charge is 0.105 e. The highest BCUT2D eigenvalue weighted by atomic mass is 79.9. The fourth-order valence-electron chi connectivity index (χ4n) is 2.86. The van der Waals surface area contributed by atoms with Crippen molar-refractivity contribution in [1.29, 1.82) is 0 Å². The van der Waals surface area contributed by atoms with Crippen LogP contribution in [-0.4, -0.2) is 24.1 Å². The van der Waals surface area contributed by atoms with Crippen LogP contribution in [0.2, 0.25) is 0 Å². The molecular formula is C19H30BrN. The second-order valence-electron chi connectivity index (χ2n) is 5.71. The molecule has 1 aromatic rings. The lowest BCUT2D eigenvalue weighted by Crippen LogP contribution is -3.00. The summed E-state index contributed by atoms with van der Waals surface area (Å²) < 4.78 is 1.06. The molecule has 0 saturated heterocycles. The third-order valence-corrected chi connectivity index (χ3v) is 3.88. The Kier molecular flexibility index (Phi) is 11.3. The topological polar surface area (TPSA) is 0 Å². The van der Waals surface area contributed by atoms with Crippen LogP contribution < -0.4 is 17.0 Å². The van der Waals surface area contributed by atoms with Gasteiger partial charge < -0.3 is 21.5 Å². The maximum Gasteiger partial charge on any atom is 0.105 e. The fraction of sp³-hybridized carbons (Fsp3) is 0.474. The molecule has 0 saturated carbocycles. The minimum absolute atomic E-state index is 0. The normalized spacial score (nSPS) is 10.7. The molecule has 0 aliphatic rings. The first-order chi connectivity index (χ1) is 9.76.